The zero-order valence-corrected chi connectivity index (χ0v) is 11.5. The SMILES string of the molecule is FC(F)F.Oc1ccc(CSCc2ccccc2)cc1. The summed E-state index contributed by atoms with van der Waals surface area (Å²) in [5.74, 6) is 2.34. The Morgan fingerprint density at radius 3 is 1.75 bits per heavy atom. The number of phenolic OH excluding ortho intramolecular Hbond substituents is 1. The molecule has 0 aliphatic carbocycles. The molecule has 0 heterocycles. The second kappa shape index (κ2) is 9.31. The van der Waals surface area contributed by atoms with E-state index in [2.05, 4.69) is 24.3 Å². The van der Waals surface area contributed by atoms with Crippen molar-refractivity contribution in [1.29, 1.82) is 0 Å². The highest BCUT2D eigenvalue weighted by atomic mass is 32.2. The van der Waals surface area contributed by atoms with Crippen LogP contribution in [0.5, 0.6) is 5.75 Å². The molecule has 1 nitrogen and oxygen atoms in total. The summed E-state index contributed by atoms with van der Waals surface area (Å²) in [6.45, 7) is -3.67. The fourth-order valence-corrected chi connectivity index (χ4v) is 2.41. The fourth-order valence-electron chi connectivity index (χ4n) is 1.45. The van der Waals surface area contributed by atoms with Gasteiger partial charge in [0.25, 0.3) is 0 Å². The minimum absolute atomic E-state index is 0.330. The standard InChI is InChI=1S/C14H14OS.CHF3/c15-14-8-6-13(7-9-14)11-16-10-12-4-2-1-3-5-12;2-1(3)4/h1-9,15H,10-11H2;1H. The molecule has 0 radical (unpaired) electrons. The summed E-state index contributed by atoms with van der Waals surface area (Å²) in [4.78, 5) is 0. The van der Waals surface area contributed by atoms with Crippen LogP contribution in [0.3, 0.4) is 0 Å². The van der Waals surface area contributed by atoms with Gasteiger partial charge in [-0.25, -0.2) is 0 Å². The third-order valence-corrected chi connectivity index (χ3v) is 3.39. The summed E-state index contributed by atoms with van der Waals surface area (Å²) in [5, 5.41) is 9.15. The quantitative estimate of drug-likeness (QED) is 0.857. The van der Waals surface area contributed by atoms with Crippen LogP contribution < -0.4 is 0 Å². The minimum atomic E-state index is -3.67. The number of thioether (sulfide) groups is 1. The number of rotatable bonds is 4. The van der Waals surface area contributed by atoms with E-state index in [1.165, 1.54) is 11.1 Å². The topological polar surface area (TPSA) is 20.2 Å². The third-order valence-electron chi connectivity index (χ3n) is 2.32. The Labute approximate surface area is 120 Å². The maximum Gasteiger partial charge on any atom is 0.379 e. The molecule has 0 bridgehead atoms. The molecule has 0 fully saturated rings. The van der Waals surface area contributed by atoms with Gasteiger partial charge in [-0.2, -0.15) is 24.9 Å². The van der Waals surface area contributed by atoms with Crippen LogP contribution in [-0.2, 0) is 11.5 Å². The van der Waals surface area contributed by atoms with Crippen LogP contribution in [0.1, 0.15) is 11.1 Å². The first-order valence-corrected chi connectivity index (χ1v) is 7.05. The summed E-state index contributed by atoms with van der Waals surface area (Å²) in [5.41, 5.74) is 2.60. The lowest BCUT2D eigenvalue weighted by molar-refractivity contribution is 0.00819. The molecule has 0 saturated carbocycles. The van der Waals surface area contributed by atoms with Gasteiger partial charge in [-0.3, -0.25) is 0 Å². The first-order chi connectivity index (χ1) is 9.58. The molecule has 20 heavy (non-hydrogen) atoms. The minimum Gasteiger partial charge on any atom is -0.508 e. The second-order valence-corrected chi connectivity index (χ2v) is 4.88. The summed E-state index contributed by atoms with van der Waals surface area (Å²) in [6.07, 6.45) is 0. The van der Waals surface area contributed by atoms with E-state index in [1.807, 2.05) is 30.0 Å². The van der Waals surface area contributed by atoms with Gasteiger partial charge in [0.05, 0.1) is 0 Å². The van der Waals surface area contributed by atoms with Gasteiger partial charge < -0.3 is 5.11 Å². The monoisotopic (exact) mass is 300 g/mol. The molecular weight excluding hydrogens is 285 g/mol. The Balaban J connectivity index is 0.000000444. The van der Waals surface area contributed by atoms with E-state index >= 15 is 0 Å². The first kappa shape index (κ1) is 16.4. The summed E-state index contributed by atoms with van der Waals surface area (Å²) < 4.78 is 29.0. The molecule has 2 rings (SSSR count). The molecule has 0 amide bonds. The van der Waals surface area contributed by atoms with Crippen molar-refractivity contribution in [2.45, 2.75) is 18.2 Å². The average Bonchev–Trinajstić information content (AvgIpc) is 2.42. The molecule has 0 unspecified atom stereocenters. The Morgan fingerprint density at radius 2 is 1.25 bits per heavy atom. The van der Waals surface area contributed by atoms with Crippen LogP contribution in [0.2, 0.25) is 0 Å². The predicted molar refractivity (Wildman–Crippen MR) is 76.7 cm³/mol. The molecule has 0 spiro atoms. The molecular formula is C15H15F3OS. The van der Waals surface area contributed by atoms with Crippen molar-refractivity contribution in [1.82, 2.24) is 0 Å². The highest BCUT2D eigenvalue weighted by molar-refractivity contribution is 7.97. The zero-order chi connectivity index (χ0) is 14.8. The summed E-state index contributed by atoms with van der Waals surface area (Å²) >= 11 is 1.88. The highest BCUT2D eigenvalue weighted by Crippen LogP contribution is 2.19. The van der Waals surface area contributed by atoms with Gasteiger partial charge in [0.2, 0.25) is 0 Å². The Morgan fingerprint density at radius 1 is 0.800 bits per heavy atom. The van der Waals surface area contributed by atoms with Crippen molar-refractivity contribution >= 4 is 11.8 Å². The predicted octanol–water partition coefficient (Wildman–Crippen LogP) is 5.00. The first-order valence-electron chi connectivity index (χ1n) is 5.89. The van der Waals surface area contributed by atoms with Crippen molar-refractivity contribution in [2.75, 3.05) is 0 Å². The summed E-state index contributed by atoms with van der Waals surface area (Å²) in [7, 11) is 0. The number of benzene rings is 2. The average molecular weight is 300 g/mol. The van der Waals surface area contributed by atoms with Crippen molar-refractivity contribution in [3.8, 4) is 5.75 Å². The van der Waals surface area contributed by atoms with Gasteiger partial charge >= 0.3 is 6.68 Å². The Kier molecular flexibility index (Phi) is 7.65. The maximum atomic E-state index is 9.67. The van der Waals surface area contributed by atoms with E-state index in [-0.39, 0.29) is 0 Å². The van der Waals surface area contributed by atoms with Crippen molar-refractivity contribution < 1.29 is 18.3 Å². The van der Waals surface area contributed by atoms with Crippen LogP contribution in [0.15, 0.2) is 54.6 Å². The van der Waals surface area contributed by atoms with Gasteiger partial charge in [-0.15, -0.1) is 0 Å². The molecule has 1 N–H and O–H groups in total. The molecule has 2 aromatic rings. The molecule has 0 atom stereocenters. The van der Waals surface area contributed by atoms with E-state index in [9.17, 15) is 13.2 Å². The van der Waals surface area contributed by atoms with Crippen LogP contribution in [0.4, 0.5) is 13.2 Å². The molecule has 5 heteroatoms. The van der Waals surface area contributed by atoms with Crippen molar-refractivity contribution in [3.63, 3.8) is 0 Å². The summed E-state index contributed by atoms with van der Waals surface area (Å²) in [6, 6.07) is 17.9. The van der Waals surface area contributed by atoms with E-state index in [4.69, 9.17) is 5.11 Å². The molecule has 0 aliphatic rings. The lowest BCUT2D eigenvalue weighted by Crippen LogP contribution is -1.82. The molecule has 2 aromatic carbocycles. The molecule has 0 saturated heterocycles. The van der Waals surface area contributed by atoms with Crippen LogP contribution in [0, 0.1) is 0 Å². The van der Waals surface area contributed by atoms with Crippen molar-refractivity contribution in [2.24, 2.45) is 0 Å². The number of hydrogen-bond donors (Lipinski definition) is 1. The lowest BCUT2D eigenvalue weighted by Gasteiger charge is -2.02. The van der Waals surface area contributed by atoms with Gasteiger partial charge in [0.1, 0.15) is 5.75 Å². The molecule has 0 aromatic heterocycles. The smallest absolute Gasteiger partial charge is 0.379 e. The van der Waals surface area contributed by atoms with Gasteiger partial charge in [0.15, 0.2) is 0 Å². The van der Waals surface area contributed by atoms with Crippen molar-refractivity contribution in [3.05, 3.63) is 65.7 Å². The van der Waals surface area contributed by atoms with Crippen LogP contribution in [-0.4, -0.2) is 11.8 Å². The van der Waals surface area contributed by atoms with Crippen LogP contribution >= 0.6 is 11.8 Å². The van der Waals surface area contributed by atoms with E-state index in [0.717, 1.165) is 11.5 Å². The number of phenols is 1. The third kappa shape index (κ3) is 7.74. The molecule has 108 valence electrons. The molecule has 0 aliphatic heterocycles. The van der Waals surface area contributed by atoms with Crippen LogP contribution in [0.25, 0.3) is 0 Å². The number of halogens is 3. The zero-order valence-electron chi connectivity index (χ0n) is 10.7. The van der Waals surface area contributed by atoms with Gasteiger partial charge in [-0.1, -0.05) is 42.5 Å². The van der Waals surface area contributed by atoms with E-state index in [0.29, 0.717) is 5.75 Å². The lowest BCUT2D eigenvalue weighted by atomic mass is 10.2. The number of hydrogen-bond acceptors (Lipinski definition) is 2. The normalized spacial score (nSPS) is 10.0. The van der Waals surface area contributed by atoms with Gasteiger partial charge in [0, 0.05) is 11.5 Å². The Bertz CT molecular complexity index is 471. The fraction of sp³-hybridized carbons (Fsp3) is 0.200. The maximum absolute atomic E-state index is 9.67. The number of aromatic hydroxyl groups is 1. The second-order valence-electron chi connectivity index (χ2n) is 3.89. The Hall–Kier alpha value is -1.62. The van der Waals surface area contributed by atoms with E-state index in [1.54, 1.807) is 12.1 Å². The van der Waals surface area contributed by atoms with E-state index < -0.39 is 6.68 Å². The largest absolute Gasteiger partial charge is 0.508 e. The highest BCUT2D eigenvalue weighted by Gasteiger charge is 1.95. The number of alkyl halides is 3. The van der Waals surface area contributed by atoms with Gasteiger partial charge in [-0.05, 0) is 23.3 Å².